The summed E-state index contributed by atoms with van der Waals surface area (Å²) in [4.78, 5) is 27.4. The number of aromatic nitrogens is 1. The van der Waals surface area contributed by atoms with E-state index in [2.05, 4.69) is 10.3 Å². The molecular formula is C21H14ClN3O4. The van der Waals surface area contributed by atoms with Crippen LogP contribution in [0.2, 0.25) is 5.02 Å². The largest absolute Gasteiger partial charge is 0.436 e. The molecule has 0 fully saturated rings. The lowest BCUT2D eigenvalue weighted by Gasteiger charge is -2.05. The molecule has 4 rings (SSSR count). The van der Waals surface area contributed by atoms with Crippen LogP contribution in [0.25, 0.3) is 22.6 Å². The molecule has 7 nitrogen and oxygen atoms in total. The van der Waals surface area contributed by atoms with Crippen molar-refractivity contribution >= 4 is 40.0 Å². The topological polar surface area (TPSA) is 98.3 Å². The summed E-state index contributed by atoms with van der Waals surface area (Å²) in [7, 11) is 0. The molecular weight excluding hydrogens is 394 g/mol. The van der Waals surface area contributed by atoms with E-state index in [1.165, 1.54) is 6.07 Å². The summed E-state index contributed by atoms with van der Waals surface area (Å²) >= 11 is 6.19. The molecule has 4 aromatic rings. The van der Waals surface area contributed by atoms with Gasteiger partial charge >= 0.3 is 0 Å². The van der Waals surface area contributed by atoms with Crippen molar-refractivity contribution in [1.82, 2.24) is 4.98 Å². The van der Waals surface area contributed by atoms with Crippen LogP contribution in [-0.2, 0) is 11.2 Å². The van der Waals surface area contributed by atoms with Gasteiger partial charge in [-0.25, -0.2) is 4.98 Å². The predicted molar refractivity (Wildman–Crippen MR) is 110 cm³/mol. The first-order chi connectivity index (χ1) is 14.0. The lowest BCUT2D eigenvalue weighted by atomic mass is 10.1. The molecule has 0 spiro atoms. The lowest BCUT2D eigenvalue weighted by molar-refractivity contribution is -0.385. The molecule has 29 heavy (non-hydrogen) atoms. The third-order valence-corrected chi connectivity index (χ3v) is 4.65. The Kier molecular flexibility index (Phi) is 4.97. The van der Waals surface area contributed by atoms with Crippen LogP contribution in [0.4, 0.5) is 11.4 Å². The minimum Gasteiger partial charge on any atom is -0.436 e. The second-order valence-corrected chi connectivity index (χ2v) is 6.70. The van der Waals surface area contributed by atoms with Gasteiger partial charge in [-0.15, -0.1) is 0 Å². The molecule has 1 amide bonds. The fourth-order valence-corrected chi connectivity index (χ4v) is 3.19. The number of carbonyl (C=O) groups excluding carboxylic acids is 1. The number of halogens is 1. The Morgan fingerprint density at radius 2 is 1.86 bits per heavy atom. The number of nitro benzene ring substituents is 1. The molecule has 0 bridgehead atoms. The smallest absolute Gasteiger partial charge is 0.273 e. The van der Waals surface area contributed by atoms with Gasteiger partial charge in [0.2, 0.25) is 11.8 Å². The van der Waals surface area contributed by atoms with Crippen molar-refractivity contribution in [2.24, 2.45) is 0 Å². The van der Waals surface area contributed by atoms with Gasteiger partial charge in [0, 0.05) is 23.4 Å². The zero-order chi connectivity index (χ0) is 20.4. The van der Waals surface area contributed by atoms with Crippen LogP contribution in [-0.4, -0.2) is 15.8 Å². The van der Waals surface area contributed by atoms with E-state index < -0.39 is 4.92 Å². The van der Waals surface area contributed by atoms with Crippen molar-refractivity contribution in [2.45, 2.75) is 6.42 Å². The molecule has 0 aliphatic rings. The first-order valence-electron chi connectivity index (χ1n) is 8.69. The minimum atomic E-state index is -0.501. The van der Waals surface area contributed by atoms with Crippen LogP contribution in [0.3, 0.4) is 0 Å². The van der Waals surface area contributed by atoms with Gasteiger partial charge in [-0.1, -0.05) is 41.9 Å². The number of nitro groups is 1. The van der Waals surface area contributed by atoms with Gasteiger partial charge in [0.25, 0.3) is 5.69 Å². The van der Waals surface area contributed by atoms with Gasteiger partial charge < -0.3 is 9.73 Å². The van der Waals surface area contributed by atoms with E-state index in [9.17, 15) is 14.9 Å². The first kappa shape index (κ1) is 18.6. The quantitative estimate of drug-likeness (QED) is 0.360. The fourth-order valence-electron chi connectivity index (χ4n) is 2.97. The molecule has 0 aliphatic carbocycles. The highest BCUT2D eigenvalue weighted by Gasteiger charge is 2.16. The molecule has 1 heterocycles. The van der Waals surface area contributed by atoms with Gasteiger partial charge in [0.15, 0.2) is 5.58 Å². The van der Waals surface area contributed by atoms with Gasteiger partial charge in [-0.3, -0.25) is 14.9 Å². The number of nitrogens with one attached hydrogen (secondary N) is 1. The van der Waals surface area contributed by atoms with Crippen LogP contribution in [0.5, 0.6) is 0 Å². The molecule has 144 valence electrons. The highest BCUT2D eigenvalue weighted by molar-refractivity contribution is 6.33. The van der Waals surface area contributed by atoms with E-state index >= 15 is 0 Å². The Bertz CT molecular complexity index is 1240. The molecule has 0 saturated carbocycles. The maximum atomic E-state index is 12.4. The number of nitrogens with zero attached hydrogens (tertiary/aromatic N) is 2. The summed E-state index contributed by atoms with van der Waals surface area (Å²) in [6, 6.07) is 18.4. The van der Waals surface area contributed by atoms with E-state index in [4.69, 9.17) is 16.0 Å². The summed E-state index contributed by atoms with van der Waals surface area (Å²) in [5.74, 6) is 0.0125. The number of rotatable bonds is 5. The van der Waals surface area contributed by atoms with E-state index in [1.54, 1.807) is 42.5 Å². The molecule has 3 aromatic carbocycles. The van der Waals surface area contributed by atoms with Crippen LogP contribution in [0.15, 0.2) is 71.1 Å². The standard InChI is InChI=1S/C21H14ClN3O4/c22-16-7-3-2-6-15(16)21-24-17-10-9-14(12-19(17)29-21)23-20(26)11-13-5-1-4-8-18(13)25(27)28/h1-10,12H,11H2,(H,23,26). The van der Waals surface area contributed by atoms with Gasteiger partial charge in [0.05, 0.1) is 21.9 Å². The normalized spacial score (nSPS) is 10.8. The number of oxazole rings is 1. The van der Waals surface area contributed by atoms with E-state index in [0.29, 0.717) is 38.8 Å². The van der Waals surface area contributed by atoms with Crippen molar-refractivity contribution in [2.75, 3.05) is 5.32 Å². The Morgan fingerprint density at radius 3 is 2.66 bits per heavy atom. The van der Waals surface area contributed by atoms with Gasteiger partial charge in [-0.05, 0) is 24.3 Å². The number of benzene rings is 3. The zero-order valence-corrected chi connectivity index (χ0v) is 15.7. The number of fused-ring (bicyclic) bond motifs is 1. The highest BCUT2D eigenvalue weighted by atomic mass is 35.5. The average Bonchev–Trinajstić information content (AvgIpc) is 3.11. The minimum absolute atomic E-state index is 0.0854. The third kappa shape index (κ3) is 3.95. The van der Waals surface area contributed by atoms with Crippen molar-refractivity contribution in [3.63, 3.8) is 0 Å². The maximum absolute atomic E-state index is 12.4. The summed E-state index contributed by atoms with van der Waals surface area (Å²) in [5.41, 5.74) is 2.55. The molecule has 0 unspecified atom stereocenters. The Balaban J connectivity index is 1.55. The molecule has 8 heteroatoms. The molecule has 1 aromatic heterocycles. The van der Waals surface area contributed by atoms with Crippen molar-refractivity contribution in [3.8, 4) is 11.5 Å². The number of hydrogen-bond donors (Lipinski definition) is 1. The number of hydrogen-bond acceptors (Lipinski definition) is 5. The van der Waals surface area contributed by atoms with Crippen molar-refractivity contribution in [1.29, 1.82) is 0 Å². The van der Waals surface area contributed by atoms with E-state index in [-0.39, 0.29) is 18.0 Å². The summed E-state index contributed by atoms with van der Waals surface area (Å²) in [6.07, 6.45) is -0.115. The summed E-state index contributed by atoms with van der Waals surface area (Å²) < 4.78 is 5.79. The summed E-state index contributed by atoms with van der Waals surface area (Å²) in [5, 5.41) is 14.4. The highest BCUT2D eigenvalue weighted by Crippen LogP contribution is 2.30. The zero-order valence-electron chi connectivity index (χ0n) is 15.0. The van der Waals surface area contributed by atoms with Gasteiger partial charge in [0.1, 0.15) is 5.52 Å². The fraction of sp³-hybridized carbons (Fsp3) is 0.0476. The maximum Gasteiger partial charge on any atom is 0.273 e. The Morgan fingerprint density at radius 1 is 1.10 bits per heavy atom. The van der Waals surface area contributed by atoms with E-state index in [0.717, 1.165) is 0 Å². The monoisotopic (exact) mass is 407 g/mol. The van der Waals surface area contributed by atoms with Crippen molar-refractivity contribution in [3.05, 3.63) is 87.4 Å². The SMILES string of the molecule is O=C(Cc1ccccc1[N+](=O)[O-])Nc1ccc2nc(-c3ccccc3Cl)oc2c1. The number of amides is 1. The number of anilines is 1. The van der Waals surface area contributed by atoms with Gasteiger partial charge in [-0.2, -0.15) is 0 Å². The second-order valence-electron chi connectivity index (χ2n) is 6.29. The van der Waals surface area contributed by atoms with E-state index in [1.807, 2.05) is 18.2 Å². The Labute approximate surface area is 170 Å². The van der Waals surface area contributed by atoms with Crippen molar-refractivity contribution < 1.29 is 14.1 Å². The lowest BCUT2D eigenvalue weighted by Crippen LogP contribution is -2.15. The first-order valence-corrected chi connectivity index (χ1v) is 9.07. The van der Waals surface area contributed by atoms with Crippen LogP contribution in [0, 0.1) is 10.1 Å². The molecule has 0 aliphatic heterocycles. The Hall–Kier alpha value is -3.71. The van der Waals surface area contributed by atoms with Crippen LogP contribution < -0.4 is 5.32 Å². The average molecular weight is 408 g/mol. The molecule has 0 saturated heterocycles. The van der Waals surface area contributed by atoms with Crippen LogP contribution >= 0.6 is 11.6 Å². The predicted octanol–water partition coefficient (Wildman–Crippen LogP) is 5.24. The molecule has 0 atom stereocenters. The number of para-hydroxylation sites is 1. The van der Waals surface area contributed by atoms with Crippen LogP contribution in [0.1, 0.15) is 5.56 Å². The second kappa shape index (κ2) is 7.73. The molecule has 0 radical (unpaired) electrons. The molecule has 1 N–H and O–H groups in total. The summed E-state index contributed by atoms with van der Waals surface area (Å²) in [6.45, 7) is 0. The number of carbonyl (C=O) groups is 1. The third-order valence-electron chi connectivity index (χ3n) is 4.32.